The van der Waals surface area contributed by atoms with Gasteiger partial charge in [0.05, 0.1) is 13.2 Å². The fourth-order valence-electron chi connectivity index (χ4n) is 0.684. The van der Waals surface area contributed by atoms with E-state index in [2.05, 4.69) is 34.6 Å². The van der Waals surface area contributed by atoms with Gasteiger partial charge in [-0.2, -0.15) is 0 Å². The van der Waals surface area contributed by atoms with Gasteiger partial charge in [-0.05, 0) is 11.8 Å². The lowest BCUT2D eigenvalue weighted by molar-refractivity contribution is 0.210. The Morgan fingerprint density at radius 2 is 1.31 bits per heavy atom. The molecule has 0 aromatic heterocycles. The van der Waals surface area contributed by atoms with Crippen LogP contribution in [0, 0.1) is 11.8 Å². The van der Waals surface area contributed by atoms with Gasteiger partial charge in [0.2, 0.25) is 0 Å². The zero-order chi connectivity index (χ0) is 10.3. The van der Waals surface area contributed by atoms with Crippen LogP contribution in [-0.2, 0) is 9.05 Å². The van der Waals surface area contributed by atoms with Crippen LogP contribution in [0.25, 0.3) is 0 Å². The van der Waals surface area contributed by atoms with E-state index in [0.29, 0.717) is 11.8 Å². The highest BCUT2D eigenvalue weighted by atomic mass is 31.2. The van der Waals surface area contributed by atoms with Crippen molar-refractivity contribution in [1.29, 1.82) is 0 Å². The summed E-state index contributed by atoms with van der Waals surface area (Å²) in [4.78, 5) is 0. The van der Waals surface area contributed by atoms with E-state index in [1.807, 2.05) is 0 Å². The van der Waals surface area contributed by atoms with Crippen LogP contribution in [0.4, 0.5) is 0 Å². The fourth-order valence-corrected chi connectivity index (χ4v) is 2.05. The Balaban J connectivity index is 3.51. The minimum absolute atomic E-state index is 0.596. The number of hydrogen-bond acceptors (Lipinski definition) is 2. The first-order chi connectivity index (χ1) is 6.06. The highest BCUT2D eigenvalue weighted by molar-refractivity contribution is 7.47. The van der Waals surface area contributed by atoms with Crippen LogP contribution >= 0.6 is 8.38 Å². The smallest absolute Gasteiger partial charge is 0.170 e. The maximum Gasteiger partial charge on any atom is 0.170 e. The topological polar surface area (TPSA) is 18.5 Å². The van der Waals surface area contributed by atoms with Crippen molar-refractivity contribution in [1.82, 2.24) is 0 Å². The lowest BCUT2D eigenvalue weighted by atomic mass is 10.2. The third-order valence-electron chi connectivity index (χ3n) is 1.36. The van der Waals surface area contributed by atoms with Crippen molar-refractivity contribution in [2.75, 3.05) is 19.4 Å². The van der Waals surface area contributed by atoms with Gasteiger partial charge in [0.15, 0.2) is 8.38 Å². The summed E-state index contributed by atoms with van der Waals surface area (Å²) in [5.41, 5.74) is 0. The molecule has 2 nitrogen and oxygen atoms in total. The molecule has 0 heterocycles. The molecule has 0 aliphatic carbocycles. The Morgan fingerprint density at radius 3 is 1.54 bits per heavy atom. The third kappa shape index (κ3) is 8.67. The highest BCUT2D eigenvalue weighted by Crippen LogP contribution is 2.38. The van der Waals surface area contributed by atoms with Crippen LogP contribution < -0.4 is 0 Å². The number of rotatable bonds is 7. The first-order valence-electron chi connectivity index (χ1n) is 5.09. The Kier molecular flexibility index (Phi) is 7.93. The lowest BCUT2D eigenvalue weighted by Crippen LogP contribution is -2.04. The van der Waals surface area contributed by atoms with Crippen molar-refractivity contribution < 1.29 is 9.05 Å². The highest BCUT2D eigenvalue weighted by Gasteiger charge is 2.09. The predicted octanol–water partition coefficient (Wildman–Crippen LogP) is 3.66. The molecule has 0 bridgehead atoms. The predicted molar refractivity (Wildman–Crippen MR) is 59.0 cm³/mol. The molecule has 0 aliphatic heterocycles. The molecule has 0 saturated heterocycles. The van der Waals surface area contributed by atoms with E-state index in [1.165, 1.54) is 0 Å². The van der Waals surface area contributed by atoms with Crippen LogP contribution in [0.1, 0.15) is 34.6 Å². The molecule has 13 heavy (non-hydrogen) atoms. The fraction of sp³-hybridized carbons (Fsp3) is 1.00. The van der Waals surface area contributed by atoms with E-state index in [9.17, 15) is 0 Å². The SMILES string of the molecule is CCP(OCC(C)C)OCC(C)C. The van der Waals surface area contributed by atoms with Crippen LogP contribution in [0.15, 0.2) is 0 Å². The van der Waals surface area contributed by atoms with Gasteiger partial charge < -0.3 is 9.05 Å². The maximum absolute atomic E-state index is 5.65. The second kappa shape index (κ2) is 7.73. The summed E-state index contributed by atoms with van der Waals surface area (Å²) < 4.78 is 11.3. The minimum atomic E-state index is -0.623. The monoisotopic (exact) mass is 206 g/mol. The Bertz CT molecular complexity index is 103. The zero-order valence-electron chi connectivity index (χ0n) is 9.54. The summed E-state index contributed by atoms with van der Waals surface area (Å²) >= 11 is 0. The molecule has 0 saturated carbocycles. The molecule has 80 valence electrons. The molecular weight excluding hydrogens is 183 g/mol. The first kappa shape index (κ1) is 13.4. The van der Waals surface area contributed by atoms with Gasteiger partial charge in [-0.15, -0.1) is 0 Å². The Morgan fingerprint density at radius 1 is 0.923 bits per heavy atom. The van der Waals surface area contributed by atoms with Gasteiger partial charge in [0, 0.05) is 6.16 Å². The molecule has 0 aliphatic rings. The van der Waals surface area contributed by atoms with Crippen molar-refractivity contribution in [2.45, 2.75) is 34.6 Å². The summed E-state index contributed by atoms with van der Waals surface area (Å²) in [6.45, 7) is 12.4. The van der Waals surface area contributed by atoms with Crippen LogP contribution in [-0.4, -0.2) is 19.4 Å². The van der Waals surface area contributed by atoms with Crippen molar-refractivity contribution >= 4 is 8.38 Å². The number of hydrogen-bond donors (Lipinski definition) is 0. The van der Waals surface area contributed by atoms with Crippen molar-refractivity contribution in [2.24, 2.45) is 11.8 Å². The summed E-state index contributed by atoms with van der Waals surface area (Å²) in [6.07, 6.45) is 0.995. The van der Waals surface area contributed by atoms with Gasteiger partial charge in [-0.1, -0.05) is 34.6 Å². The van der Waals surface area contributed by atoms with Gasteiger partial charge >= 0.3 is 0 Å². The van der Waals surface area contributed by atoms with Gasteiger partial charge in [0.1, 0.15) is 0 Å². The third-order valence-corrected chi connectivity index (χ3v) is 2.75. The van der Waals surface area contributed by atoms with Crippen LogP contribution in [0.5, 0.6) is 0 Å². The van der Waals surface area contributed by atoms with Gasteiger partial charge in [-0.3, -0.25) is 0 Å². The largest absolute Gasteiger partial charge is 0.334 e. The summed E-state index contributed by atoms with van der Waals surface area (Å²) in [5, 5.41) is 0. The van der Waals surface area contributed by atoms with Crippen molar-refractivity contribution in [3.8, 4) is 0 Å². The van der Waals surface area contributed by atoms with E-state index in [4.69, 9.17) is 9.05 Å². The van der Waals surface area contributed by atoms with E-state index in [1.54, 1.807) is 0 Å². The minimum Gasteiger partial charge on any atom is -0.334 e. The zero-order valence-corrected chi connectivity index (χ0v) is 10.4. The van der Waals surface area contributed by atoms with Gasteiger partial charge in [0.25, 0.3) is 0 Å². The van der Waals surface area contributed by atoms with Crippen molar-refractivity contribution in [3.63, 3.8) is 0 Å². The second-order valence-corrected chi connectivity index (χ2v) is 5.84. The van der Waals surface area contributed by atoms with E-state index in [-0.39, 0.29) is 0 Å². The standard InChI is InChI=1S/C10H23O2P/c1-6-13(11-7-9(2)3)12-8-10(4)5/h9-10H,6-8H2,1-5H3. The molecule has 0 rings (SSSR count). The molecule has 0 amide bonds. The molecule has 3 heteroatoms. The quantitative estimate of drug-likeness (QED) is 0.592. The Hall–Kier alpha value is 0.350. The van der Waals surface area contributed by atoms with E-state index < -0.39 is 8.38 Å². The summed E-state index contributed by atoms with van der Waals surface area (Å²) in [7, 11) is -0.623. The molecular formula is C10H23O2P. The van der Waals surface area contributed by atoms with Crippen molar-refractivity contribution in [3.05, 3.63) is 0 Å². The second-order valence-electron chi connectivity index (χ2n) is 4.03. The molecule has 0 aromatic rings. The molecule has 0 spiro atoms. The molecule has 0 radical (unpaired) electrons. The van der Waals surface area contributed by atoms with Gasteiger partial charge in [-0.25, -0.2) is 0 Å². The normalized spacial score (nSPS) is 12.0. The lowest BCUT2D eigenvalue weighted by Gasteiger charge is -2.18. The van der Waals surface area contributed by atoms with E-state index >= 15 is 0 Å². The molecule has 0 unspecified atom stereocenters. The molecule has 0 aromatic carbocycles. The average molecular weight is 206 g/mol. The summed E-state index contributed by atoms with van der Waals surface area (Å²) in [5.74, 6) is 1.19. The average Bonchev–Trinajstić information content (AvgIpc) is 2.04. The summed E-state index contributed by atoms with van der Waals surface area (Å²) in [6, 6.07) is 0. The first-order valence-corrected chi connectivity index (χ1v) is 6.45. The maximum atomic E-state index is 5.65. The van der Waals surface area contributed by atoms with Crippen LogP contribution in [0.3, 0.4) is 0 Å². The Labute approximate surface area is 83.9 Å². The molecule has 0 fully saturated rings. The molecule has 0 N–H and O–H groups in total. The van der Waals surface area contributed by atoms with Crippen LogP contribution in [0.2, 0.25) is 0 Å². The molecule has 0 atom stereocenters. The van der Waals surface area contributed by atoms with E-state index in [0.717, 1.165) is 19.4 Å².